The van der Waals surface area contributed by atoms with Crippen LogP contribution in [0.3, 0.4) is 0 Å². The van der Waals surface area contributed by atoms with Crippen LogP contribution in [-0.2, 0) is 4.79 Å². The summed E-state index contributed by atoms with van der Waals surface area (Å²) in [5, 5.41) is 14.3. The van der Waals surface area contributed by atoms with Crippen LogP contribution in [0.5, 0.6) is 0 Å². The summed E-state index contributed by atoms with van der Waals surface area (Å²) < 4.78 is 0. The number of carboxylic acid groups (broad SMARTS) is 1. The number of rotatable bonds is 9. The van der Waals surface area contributed by atoms with Gasteiger partial charge in [-0.1, -0.05) is 20.8 Å². The highest BCUT2D eigenvalue weighted by atomic mass is 16.4. The third-order valence-electron chi connectivity index (χ3n) is 3.46. The molecule has 0 radical (unpaired) electrons. The lowest BCUT2D eigenvalue weighted by molar-refractivity contribution is -0.139. The molecule has 0 aromatic carbocycles. The van der Waals surface area contributed by atoms with E-state index in [4.69, 9.17) is 5.11 Å². The van der Waals surface area contributed by atoms with Gasteiger partial charge in [0.1, 0.15) is 6.04 Å². The molecule has 1 saturated carbocycles. The van der Waals surface area contributed by atoms with Crippen molar-refractivity contribution < 1.29 is 14.7 Å². The predicted octanol–water partition coefficient (Wildman–Crippen LogP) is 1.27. The van der Waals surface area contributed by atoms with E-state index in [9.17, 15) is 9.59 Å². The second-order valence-electron chi connectivity index (χ2n) is 5.78. The molecule has 116 valence electrons. The van der Waals surface area contributed by atoms with Crippen molar-refractivity contribution in [3.8, 4) is 0 Å². The number of urea groups is 1. The van der Waals surface area contributed by atoms with Gasteiger partial charge in [-0.25, -0.2) is 9.59 Å². The van der Waals surface area contributed by atoms with Crippen molar-refractivity contribution in [2.24, 2.45) is 5.92 Å². The van der Waals surface area contributed by atoms with E-state index in [0.29, 0.717) is 19.0 Å². The van der Waals surface area contributed by atoms with Gasteiger partial charge in [-0.3, -0.25) is 4.90 Å². The molecule has 1 fully saturated rings. The third-order valence-corrected chi connectivity index (χ3v) is 3.46. The van der Waals surface area contributed by atoms with E-state index < -0.39 is 18.0 Å². The summed E-state index contributed by atoms with van der Waals surface area (Å²) >= 11 is 0. The number of likely N-dealkylation sites (N-methyl/N-ethyl adjacent to an activating group) is 1. The van der Waals surface area contributed by atoms with Gasteiger partial charge in [0.25, 0.3) is 0 Å². The number of hydrogen-bond acceptors (Lipinski definition) is 3. The van der Waals surface area contributed by atoms with Crippen molar-refractivity contribution in [2.45, 2.75) is 52.1 Å². The van der Waals surface area contributed by atoms with Gasteiger partial charge >= 0.3 is 12.0 Å². The zero-order valence-electron chi connectivity index (χ0n) is 12.7. The molecular formula is C14H27N3O3. The molecule has 1 aliphatic carbocycles. The Kier molecular flexibility index (Phi) is 6.78. The molecule has 1 aliphatic rings. The largest absolute Gasteiger partial charge is 0.480 e. The van der Waals surface area contributed by atoms with Crippen molar-refractivity contribution in [3.63, 3.8) is 0 Å². The first-order valence-corrected chi connectivity index (χ1v) is 7.45. The number of nitrogens with one attached hydrogen (secondary N) is 2. The minimum atomic E-state index is -0.984. The number of carboxylic acids is 1. The molecule has 0 heterocycles. The molecule has 3 N–H and O–H groups in total. The number of amides is 2. The first-order chi connectivity index (χ1) is 9.43. The van der Waals surface area contributed by atoms with Gasteiger partial charge in [0, 0.05) is 19.1 Å². The predicted molar refractivity (Wildman–Crippen MR) is 77.7 cm³/mol. The van der Waals surface area contributed by atoms with Crippen LogP contribution in [0.15, 0.2) is 0 Å². The van der Waals surface area contributed by atoms with Crippen molar-refractivity contribution in [3.05, 3.63) is 0 Å². The van der Waals surface area contributed by atoms with Crippen LogP contribution in [0.4, 0.5) is 4.79 Å². The molecule has 20 heavy (non-hydrogen) atoms. The summed E-state index contributed by atoms with van der Waals surface area (Å²) in [6, 6.07) is -0.539. The van der Waals surface area contributed by atoms with E-state index in [1.54, 1.807) is 0 Å². The molecule has 6 nitrogen and oxygen atoms in total. The minimum absolute atomic E-state index is 0.224. The van der Waals surface area contributed by atoms with E-state index in [0.717, 1.165) is 13.1 Å². The van der Waals surface area contributed by atoms with Gasteiger partial charge in [-0.15, -0.1) is 0 Å². The summed E-state index contributed by atoms with van der Waals surface area (Å²) in [7, 11) is 0. The topological polar surface area (TPSA) is 81.7 Å². The fourth-order valence-electron chi connectivity index (χ4n) is 2.25. The molecule has 0 bridgehead atoms. The van der Waals surface area contributed by atoms with E-state index >= 15 is 0 Å². The smallest absolute Gasteiger partial charge is 0.326 e. The summed E-state index contributed by atoms with van der Waals surface area (Å²) in [4.78, 5) is 25.1. The van der Waals surface area contributed by atoms with E-state index in [2.05, 4.69) is 22.5 Å². The molecule has 0 aromatic heterocycles. The number of hydrogen-bond donors (Lipinski definition) is 3. The monoisotopic (exact) mass is 285 g/mol. The Hall–Kier alpha value is -1.30. The van der Waals surface area contributed by atoms with E-state index in [1.807, 2.05) is 13.8 Å². The highest BCUT2D eigenvalue weighted by Gasteiger charge is 2.27. The summed E-state index contributed by atoms with van der Waals surface area (Å²) in [6.07, 6.45) is 2.93. The van der Waals surface area contributed by atoms with Crippen molar-refractivity contribution in [1.82, 2.24) is 15.5 Å². The van der Waals surface area contributed by atoms with Crippen molar-refractivity contribution in [1.29, 1.82) is 0 Å². The van der Waals surface area contributed by atoms with Crippen LogP contribution in [0, 0.1) is 5.92 Å². The quantitative estimate of drug-likeness (QED) is 0.596. The van der Waals surface area contributed by atoms with Crippen LogP contribution < -0.4 is 10.6 Å². The molecule has 0 spiro atoms. The summed E-state index contributed by atoms with van der Waals surface area (Å²) in [5.74, 6) is -0.760. The van der Waals surface area contributed by atoms with Gasteiger partial charge < -0.3 is 15.7 Å². The van der Waals surface area contributed by atoms with E-state index in [-0.39, 0.29) is 5.92 Å². The molecule has 0 unspecified atom stereocenters. The second-order valence-corrected chi connectivity index (χ2v) is 5.78. The second kappa shape index (κ2) is 8.09. The van der Waals surface area contributed by atoms with Crippen LogP contribution in [0.2, 0.25) is 0 Å². The molecule has 6 heteroatoms. The minimum Gasteiger partial charge on any atom is -0.480 e. The zero-order valence-corrected chi connectivity index (χ0v) is 12.7. The molecule has 1 rings (SSSR count). The van der Waals surface area contributed by atoms with Crippen molar-refractivity contribution in [2.75, 3.05) is 19.6 Å². The number of carbonyl (C=O) groups is 2. The van der Waals surface area contributed by atoms with Crippen molar-refractivity contribution >= 4 is 12.0 Å². The Labute approximate surface area is 120 Å². The summed E-state index contributed by atoms with van der Waals surface area (Å²) in [5.41, 5.74) is 0. The number of carbonyl (C=O) groups excluding carboxylic acids is 1. The maximum atomic E-state index is 11.7. The molecule has 2 amide bonds. The molecule has 0 saturated heterocycles. The molecule has 0 aliphatic heterocycles. The van der Waals surface area contributed by atoms with Gasteiger partial charge in [-0.2, -0.15) is 0 Å². The van der Waals surface area contributed by atoms with Gasteiger partial charge in [0.05, 0.1) is 0 Å². The first-order valence-electron chi connectivity index (χ1n) is 7.45. The normalized spacial score (nSPS) is 16.2. The van der Waals surface area contributed by atoms with Crippen LogP contribution in [-0.4, -0.2) is 53.7 Å². The maximum absolute atomic E-state index is 11.7. The fraction of sp³-hybridized carbons (Fsp3) is 0.857. The SMILES string of the molecule is CCN(CCNC(=O)N[C@@H](CC(C)C)C(=O)O)C1CC1. The zero-order chi connectivity index (χ0) is 15.1. The van der Waals surface area contributed by atoms with Gasteiger partial charge in [-0.05, 0) is 31.7 Å². The Morgan fingerprint density at radius 1 is 1.35 bits per heavy atom. The maximum Gasteiger partial charge on any atom is 0.326 e. The Morgan fingerprint density at radius 2 is 2.00 bits per heavy atom. The van der Waals surface area contributed by atoms with Gasteiger partial charge in [0.2, 0.25) is 0 Å². The first kappa shape index (κ1) is 16.8. The van der Waals surface area contributed by atoms with Crippen LogP contribution >= 0.6 is 0 Å². The number of nitrogens with zero attached hydrogens (tertiary/aromatic N) is 1. The lowest BCUT2D eigenvalue weighted by Gasteiger charge is -2.21. The standard InChI is InChI=1S/C14H27N3O3/c1-4-17(11-5-6-11)8-7-15-14(20)16-12(13(18)19)9-10(2)3/h10-12H,4-9H2,1-3H3,(H,18,19)(H2,15,16,20)/t12-/m0/s1. The third kappa shape index (κ3) is 6.23. The average molecular weight is 285 g/mol. The van der Waals surface area contributed by atoms with Gasteiger partial charge in [0.15, 0.2) is 0 Å². The molecule has 0 aromatic rings. The highest BCUT2D eigenvalue weighted by Crippen LogP contribution is 2.25. The average Bonchev–Trinajstić information content (AvgIpc) is 3.17. The Morgan fingerprint density at radius 3 is 2.45 bits per heavy atom. The molecular weight excluding hydrogens is 258 g/mol. The molecule has 1 atom stereocenters. The van der Waals surface area contributed by atoms with E-state index in [1.165, 1.54) is 12.8 Å². The lowest BCUT2D eigenvalue weighted by Crippen LogP contribution is -2.48. The van der Waals surface area contributed by atoms with Crippen LogP contribution in [0.25, 0.3) is 0 Å². The Balaban J connectivity index is 2.25. The lowest BCUT2D eigenvalue weighted by atomic mass is 10.0. The van der Waals surface area contributed by atoms with Crippen LogP contribution in [0.1, 0.15) is 40.0 Å². The highest BCUT2D eigenvalue weighted by molar-refractivity contribution is 5.82. The Bertz CT molecular complexity index is 330. The summed E-state index contributed by atoms with van der Waals surface area (Å²) in [6.45, 7) is 8.33. The fourth-order valence-corrected chi connectivity index (χ4v) is 2.25. The number of aliphatic carboxylic acids is 1.